The van der Waals surface area contributed by atoms with Gasteiger partial charge >= 0.3 is 32.9 Å². The van der Waals surface area contributed by atoms with Crippen molar-refractivity contribution in [1.29, 1.82) is 0 Å². The summed E-state index contributed by atoms with van der Waals surface area (Å²) in [5.74, 6) is -9.15. The van der Waals surface area contributed by atoms with Crippen LogP contribution in [0, 0.1) is 5.92 Å². The number of hydrogen-bond acceptors (Lipinski definition) is 4. The molecule has 0 saturated carbocycles. The third-order valence-electron chi connectivity index (χ3n) is 3.86. The van der Waals surface area contributed by atoms with Crippen molar-refractivity contribution in [2.24, 2.45) is 5.92 Å². The first-order valence-electron chi connectivity index (χ1n) is 9.63. The number of alkyl halides is 6. The molecule has 15 heteroatoms. The van der Waals surface area contributed by atoms with E-state index in [4.69, 9.17) is 13.3 Å². The first-order valence-corrected chi connectivity index (χ1v) is 19.0. The molecule has 0 aliphatic carbocycles. The van der Waals surface area contributed by atoms with E-state index in [1.165, 1.54) is 0 Å². The Balaban J connectivity index is 6.19. The van der Waals surface area contributed by atoms with Gasteiger partial charge < -0.3 is 18.4 Å². The van der Waals surface area contributed by atoms with Crippen molar-refractivity contribution in [2.75, 3.05) is 0 Å². The molecular formula is C17H30F6O6Si3. The van der Waals surface area contributed by atoms with E-state index in [1.54, 1.807) is 6.55 Å². The molecule has 2 N–H and O–H groups in total. The highest BCUT2D eigenvalue weighted by Crippen LogP contribution is 2.45. The van der Waals surface area contributed by atoms with Gasteiger partial charge in [0.05, 0.1) is 5.57 Å². The lowest BCUT2D eigenvalue weighted by Gasteiger charge is -2.38. The summed E-state index contributed by atoms with van der Waals surface area (Å²) in [4.78, 5) is 22.9. The molecule has 0 aromatic heterocycles. The van der Waals surface area contributed by atoms with Gasteiger partial charge in [0.2, 0.25) is 0 Å². The number of carbonyl (C=O) groups is 2. The van der Waals surface area contributed by atoms with Crippen molar-refractivity contribution in [1.82, 2.24) is 0 Å². The Hall–Kier alpha value is -1.17. The third kappa shape index (κ3) is 10.6. The molecule has 32 heavy (non-hydrogen) atoms. The first-order chi connectivity index (χ1) is 13.9. The van der Waals surface area contributed by atoms with Crippen LogP contribution in [-0.2, 0) is 17.8 Å². The lowest BCUT2D eigenvalue weighted by atomic mass is 9.90. The Morgan fingerprint density at radius 1 is 0.781 bits per heavy atom. The van der Waals surface area contributed by atoms with Crippen LogP contribution in [0.25, 0.3) is 0 Å². The summed E-state index contributed by atoms with van der Waals surface area (Å²) in [6.07, 6.45) is -13.1. The molecule has 0 aliphatic heterocycles. The normalized spacial score (nSPS) is 15.1. The highest BCUT2D eigenvalue weighted by molar-refractivity contribution is 6.87. The average Bonchev–Trinajstić information content (AvgIpc) is 2.42. The number of carboxylic acid groups (broad SMARTS) is 2. The number of rotatable bonds is 11. The van der Waals surface area contributed by atoms with Gasteiger partial charge in [-0.2, -0.15) is 26.3 Å². The second kappa shape index (κ2) is 10.4. The number of halogens is 6. The van der Waals surface area contributed by atoms with Gasteiger partial charge in [0.1, 0.15) is 0 Å². The molecule has 188 valence electrons. The van der Waals surface area contributed by atoms with Crippen molar-refractivity contribution in [3.05, 3.63) is 11.1 Å². The van der Waals surface area contributed by atoms with Gasteiger partial charge in [-0.1, -0.05) is 0 Å². The van der Waals surface area contributed by atoms with Crippen LogP contribution >= 0.6 is 0 Å². The molecule has 0 radical (unpaired) electrons. The van der Waals surface area contributed by atoms with E-state index >= 15 is 0 Å². The second-order valence-corrected chi connectivity index (χ2v) is 22.3. The Labute approximate surface area is 186 Å². The van der Waals surface area contributed by atoms with Gasteiger partial charge in [-0.3, -0.25) is 0 Å². The predicted molar refractivity (Wildman–Crippen MR) is 112 cm³/mol. The number of aliphatic carboxylic acids is 2. The third-order valence-corrected chi connectivity index (χ3v) is 13.5. The van der Waals surface area contributed by atoms with Crippen molar-refractivity contribution < 1.29 is 54.4 Å². The molecule has 0 atom stereocenters. The summed E-state index contributed by atoms with van der Waals surface area (Å²) in [6, 6.07) is 0.0773. The maximum atomic E-state index is 13.1. The Morgan fingerprint density at radius 2 is 1.16 bits per heavy atom. The van der Waals surface area contributed by atoms with E-state index in [-0.39, 0.29) is 12.5 Å². The summed E-state index contributed by atoms with van der Waals surface area (Å²) >= 11 is 0. The summed E-state index contributed by atoms with van der Waals surface area (Å²) in [5, 5.41) is 18.4. The zero-order chi connectivity index (χ0) is 25.9. The van der Waals surface area contributed by atoms with Crippen LogP contribution in [-0.4, -0.2) is 59.7 Å². The van der Waals surface area contributed by atoms with E-state index < -0.39 is 73.0 Å². The maximum absolute atomic E-state index is 13.1. The predicted octanol–water partition coefficient (Wildman–Crippen LogP) is 5.75. The molecule has 0 unspecified atom stereocenters. The number of hydrogen-bond donors (Lipinski definition) is 2. The van der Waals surface area contributed by atoms with Crippen LogP contribution in [0.5, 0.6) is 0 Å². The molecule has 0 heterocycles. The minimum atomic E-state index is -6.03. The van der Waals surface area contributed by atoms with Gasteiger partial charge in [0.15, 0.2) is 22.6 Å². The lowest BCUT2D eigenvalue weighted by molar-refractivity contribution is -0.272. The minimum absolute atomic E-state index is 0.0773. The van der Waals surface area contributed by atoms with Crippen molar-refractivity contribution in [3.8, 4) is 0 Å². The molecule has 0 aliphatic rings. The van der Waals surface area contributed by atoms with E-state index in [2.05, 4.69) is 0 Å². The number of carboxylic acids is 2. The average molecular weight is 529 g/mol. The molecule has 0 aromatic rings. The molecule has 0 fully saturated rings. The molecular weight excluding hydrogens is 498 g/mol. The summed E-state index contributed by atoms with van der Waals surface area (Å²) < 4.78 is 90.9. The zero-order valence-corrected chi connectivity index (χ0v) is 22.0. The molecule has 0 bridgehead atoms. The van der Waals surface area contributed by atoms with Crippen LogP contribution in [0.2, 0.25) is 51.9 Å². The SMILES string of the molecule is C[Si](C)(C)O[Si](C)(CCCC(C(=O)O)=C(C(=O)O)C(C(F)(F)F)C(F)(F)F)O[Si](C)(C)C. The standard InChI is InChI=1S/C17H30F6O6Si3/c1-30(2,3)28-32(7,29-31(4,5)6)10-8-9-11(14(24)25)12(15(26)27)13(16(18,19)20)17(21,22)23/h13H,8-10H2,1-7H3,(H,24,25)(H,26,27). The molecule has 0 spiro atoms. The monoisotopic (exact) mass is 528 g/mol. The van der Waals surface area contributed by atoms with Gasteiger partial charge in [-0.25, -0.2) is 9.59 Å². The highest BCUT2D eigenvalue weighted by atomic mass is 28.5. The van der Waals surface area contributed by atoms with E-state index in [0.717, 1.165) is 0 Å². The summed E-state index contributed by atoms with van der Waals surface area (Å²) in [6.45, 7) is 13.0. The Bertz CT molecular complexity index is 692. The van der Waals surface area contributed by atoms with Gasteiger partial charge in [0, 0.05) is 5.57 Å². The van der Waals surface area contributed by atoms with E-state index in [1.807, 2.05) is 39.3 Å². The highest BCUT2D eigenvalue weighted by Gasteiger charge is 2.61. The van der Waals surface area contributed by atoms with Crippen LogP contribution in [0.15, 0.2) is 11.1 Å². The molecule has 0 saturated heterocycles. The fourth-order valence-electron chi connectivity index (χ4n) is 3.30. The Kier molecular flexibility index (Phi) is 10.0. The van der Waals surface area contributed by atoms with E-state index in [0.29, 0.717) is 0 Å². The zero-order valence-electron chi connectivity index (χ0n) is 19.0. The smallest absolute Gasteiger partial charge is 0.404 e. The van der Waals surface area contributed by atoms with Crippen LogP contribution in [0.3, 0.4) is 0 Å². The lowest BCUT2D eigenvalue weighted by Crippen LogP contribution is -2.52. The van der Waals surface area contributed by atoms with Crippen LogP contribution < -0.4 is 0 Å². The topological polar surface area (TPSA) is 93.1 Å². The van der Waals surface area contributed by atoms with Gasteiger partial charge in [-0.05, 0) is 64.7 Å². The van der Waals surface area contributed by atoms with Crippen molar-refractivity contribution in [2.45, 2.75) is 77.1 Å². The molecule has 6 nitrogen and oxygen atoms in total. The Morgan fingerprint density at radius 3 is 1.41 bits per heavy atom. The molecule has 0 amide bonds. The molecule has 0 rings (SSSR count). The van der Waals surface area contributed by atoms with Gasteiger partial charge in [-0.15, -0.1) is 0 Å². The van der Waals surface area contributed by atoms with Crippen molar-refractivity contribution in [3.63, 3.8) is 0 Å². The van der Waals surface area contributed by atoms with Gasteiger partial charge in [0.25, 0.3) is 0 Å². The summed E-state index contributed by atoms with van der Waals surface area (Å²) in [5.41, 5.74) is -3.66. The van der Waals surface area contributed by atoms with Crippen molar-refractivity contribution >= 4 is 37.1 Å². The van der Waals surface area contributed by atoms with Crippen LogP contribution in [0.1, 0.15) is 12.8 Å². The quantitative estimate of drug-likeness (QED) is 0.202. The largest absolute Gasteiger partial charge is 0.478 e. The first kappa shape index (κ1) is 30.8. The summed E-state index contributed by atoms with van der Waals surface area (Å²) in [7, 11) is -7.29. The fourth-order valence-corrected chi connectivity index (χ4v) is 15.8. The second-order valence-electron chi connectivity index (χ2n) is 9.44. The van der Waals surface area contributed by atoms with Crippen LogP contribution in [0.4, 0.5) is 26.3 Å². The maximum Gasteiger partial charge on any atom is 0.404 e. The molecule has 0 aromatic carbocycles. The van der Waals surface area contributed by atoms with E-state index in [9.17, 15) is 41.0 Å². The minimum Gasteiger partial charge on any atom is -0.478 e. The fraction of sp³-hybridized carbons (Fsp3) is 0.765.